The highest BCUT2D eigenvalue weighted by Crippen LogP contribution is 2.30. The number of nitrogens with one attached hydrogen (secondary N) is 2. The van der Waals surface area contributed by atoms with Crippen LogP contribution in [-0.4, -0.2) is 53.0 Å². The molecule has 31 heavy (non-hydrogen) atoms. The van der Waals surface area contributed by atoms with Gasteiger partial charge in [-0.05, 0) is 44.7 Å². The molecule has 0 aliphatic carbocycles. The standard InChI is InChI=1S/C22H34N6O2S/c1-7-16-11-10-12-17(8-2)19(16)28(18(29)13-30-6)14-31-22-26-20(23-9-3)25-21(27-22)24-15(4)5/h10-12,15H,7-9,13-14H2,1-6H3,(H2,23,24,25,26,27). The second-order valence-electron chi connectivity index (χ2n) is 7.25. The first-order valence-corrected chi connectivity index (χ1v) is 11.7. The summed E-state index contributed by atoms with van der Waals surface area (Å²) in [4.78, 5) is 28.2. The van der Waals surface area contributed by atoms with Gasteiger partial charge in [-0.15, -0.1) is 0 Å². The van der Waals surface area contributed by atoms with Gasteiger partial charge in [-0.1, -0.05) is 43.8 Å². The number of ether oxygens (including phenoxy) is 1. The molecule has 1 heterocycles. The van der Waals surface area contributed by atoms with E-state index in [0.717, 1.165) is 29.7 Å². The summed E-state index contributed by atoms with van der Waals surface area (Å²) in [6, 6.07) is 6.39. The summed E-state index contributed by atoms with van der Waals surface area (Å²) in [5.41, 5.74) is 3.23. The average Bonchev–Trinajstić information content (AvgIpc) is 2.73. The van der Waals surface area contributed by atoms with E-state index in [1.807, 2.05) is 26.8 Å². The number of amides is 1. The first-order chi connectivity index (χ1) is 14.9. The molecule has 0 fully saturated rings. The smallest absolute Gasteiger partial charge is 0.253 e. The van der Waals surface area contributed by atoms with Crippen LogP contribution in [0.25, 0.3) is 0 Å². The molecule has 0 unspecified atom stereocenters. The van der Waals surface area contributed by atoms with Crippen molar-refractivity contribution < 1.29 is 9.53 Å². The molecule has 0 saturated heterocycles. The highest BCUT2D eigenvalue weighted by molar-refractivity contribution is 7.99. The van der Waals surface area contributed by atoms with E-state index in [9.17, 15) is 4.79 Å². The van der Waals surface area contributed by atoms with Crippen molar-refractivity contribution in [2.75, 3.05) is 41.7 Å². The molecule has 1 amide bonds. The Bertz CT molecular complexity index is 840. The molecule has 1 aromatic carbocycles. The Balaban J connectivity index is 2.38. The van der Waals surface area contributed by atoms with Crippen molar-refractivity contribution >= 4 is 35.3 Å². The second kappa shape index (κ2) is 12.5. The molecule has 0 spiro atoms. The molecule has 0 aliphatic rings. The van der Waals surface area contributed by atoms with Gasteiger partial charge < -0.3 is 15.4 Å². The number of hydrogen-bond acceptors (Lipinski definition) is 8. The number of thioether (sulfide) groups is 1. The average molecular weight is 447 g/mol. The van der Waals surface area contributed by atoms with E-state index < -0.39 is 0 Å². The summed E-state index contributed by atoms with van der Waals surface area (Å²) in [5, 5.41) is 6.92. The van der Waals surface area contributed by atoms with Crippen molar-refractivity contribution in [1.29, 1.82) is 0 Å². The maximum Gasteiger partial charge on any atom is 0.253 e. The number of aryl methyl sites for hydroxylation is 2. The lowest BCUT2D eigenvalue weighted by Gasteiger charge is -2.27. The zero-order valence-electron chi connectivity index (χ0n) is 19.4. The van der Waals surface area contributed by atoms with Crippen LogP contribution in [-0.2, 0) is 22.4 Å². The quantitative estimate of drug-likeness (QED) is 0.374. The Hall–Kier alpha value is -2.39. The maximum absolute atomic E-state index is 13.0. The summed E-state index contributed by atoms with van der Waals surface area (Å²) in [5.74, 6) is 1.32. The van der Waals surface area contributed by atoms with E-state index in [2.05, 4.69) is 51.6 Å². The first-order valence-electron chi connectivity index (χ1n) is 10.7. The second-order valence-corrected chi connectivity index (χ2v) is 8.17. The minimum absolute atomic E-state index is 0.0156. The third-order valence-corrected chi connectivity index (χ3v) is 5.32. The van der Waals surface area contributed by atoms with Crippen LogP contribution in [0.4, 0.5) is 17.6 Å². The van der Waals surface area contributed by atoms with Gasteiger partial charge in [-0.25, -0.2) is 0 Å². The molecule has 0 atom stereocenters. The summed E-state index contributed by atoms with van der Waals surface area (Å²) < 4.78 is 5.16. The van der Waals surface area contributed by atoms with Crippen LogP contribution in [0.5, 0.6) is 0 Å². The predicted molar refractivity (Wildman–Crippen MR) is 128 cm³/mol. The number of nitrogens with zero attached hydrogens (tertiary/aromatic N) is 4. The van der Waals surface area contributed by atoms with Crippen LogP contribution < -0.4 is 15.5 Å². The number of methoxy groups -OCH3 is 1. The third-order valence-electron chi connectivity index (χ3n) is 4.49. The van der Waals surface area contributed by atoms with E-state index in [0.29, 0.717) is 29.5 Å². The van der Waals surface area contributed by atoms with Crippen LogP contribution >= 0.6 is 11.8 Å². The van der Waals surface area contributed by atoms with Crippen molar-refractivity contribution in [1.82, 2.24) is 15.0 Å². The lowest BCUT2D eigenvalue weighted by Crippen LogP contribution is -2.35. The predicted octanol–water partition coefficient (Wildman–Crippen LogP) is 3.98. The molecule has 0 aliphatic heterocycles. The van der Waals surface area contributed by atoms with Gasteiger partial charge in [0, 0.05) is 19.7 Å². The highest BCUT2D eigenvalue weighted by atomic mass is 32.2. The molecule has 170 valence electrons. The van der Waals surface area contributed by atoms with Gasteiger partial charge in [0.15, 0.2) is 5.16 Å². The summed E-state index contributed by atoms with van der Waals surface area (Å²) in [6.45, 7) is 11.0. The van der Waals surface area contributed by atoms with Crippen molar-refractivity contribution in [3.8, 4) is 0 Å². The van der Waals surface area contributed by atoms with E-state index in [-0.39, 0.29) is 18.6 Å². The summed E-state index contributed by atoms with van der Waals surface area (Å²) in [7, 11) is 1.54. The van der Waals surface area contributed by atoms with Crippen LogP contribution in [0, 0.1) is 0 Å². The Morgan fingerprint density at radius 1 is 1.10 bits per heavy atom. The third kappa shape index (κ3) is 7.07. The zero-order chi connectivity index (χ0) is 22.8. The normalized spacial score (nSPS) is 10.9. The molecular formula is C22H34N6O2S. The lowest BCUT2D eigenvalue weighted by atomic mass is 10.0. The van der Waals surface area contributed by atoms with E-state index in [4.69, 9.17) is 4.74 Å². The molecule has 1 aromatic heterocycles. The van der Waals surface area contributed by atoms with Gasteiger partial charge in [-0.3, -0.25) is 9.69 Å². The fourth-order valence-corrected chi connectivity index (χ4v) is 3.95. The highest BCUT2D eigenvalue weighted by Gasteiger charge is 2.22. The number of anilines is 3. The Morgan fingerprint density at radius 3 is 2.29 bits per heavy atom. The number of carbonyl (C=O) groups excluding carboxylic acids is 1. The number of carbonyl (C=O) groups is 1. The summed E-state index contributed by atoms with van der Waals surface area (Å²) >= 11 is 1.40. The first kappa shape index (κ1) is 24.9. The van der Waals surface area contributed by atoms with Crippen LogP contribution in [0.15, 0.2) is 23.4 Å². The molecule has 2 aromatic rings. The molecule has 2 rings (SSSR count). The molecule has 0 radical (unpaired) electrons. The largest absolute Gasteiger partial charge is 0.375 e. The molecule has 0 saturated carbocycles. The van der Waals surface area contributed by atoms with E-state index in [1.54, 1.807) is 4.90 Å². The topological polar surface area (TPSA) is 92.3 Å². The Kier molecular flexibility index (Phi) is 10.00. The minimum atomic E-state index is -0.0907. The number of para-hydroxylation sites is 1. The molecule has 0 bridgehead atoms. The lowest BCUT2D eigenvalue weighted by molar-refractivity contribution is -0.121. The molecule has 8 nitrogen and oxygen atoms in total. The minimum Gasteiger partial charge on any atom is -0.375 e. The van der Waals surface area contributed by atoms with Gasteiger partial charge in [0.1, 0.15) is 6.61 Å². The number of benzene rings is 1. The van der Waals surface area contributed by atoms with Gasteiger partial charge in [0.05, 0.1) is 11.6 Å². The van der Waals surface area contributed by atoms with Crippen LogP contribution in [0.1, 0.15) is 45.7 Å². The Morgan fingerprint density at radius 2 is 1.74 bits per heavy atom. The monoisotopic (exact) mass is 446 g/mol. The number of rotatable bonds is 12. The fraction of sp³-hybridized carbons (Fsp3) is 0.545. The van der Waals surface area contributed by atoms with E-state index in [1.165, 1.54) is 18.9 Å². The van der Waals surface area contributed by atoms with Crippen molar-refractivity contribution in [2.24, 2.45) is 0 Å². The van der Waals surface area contributed by atoms with Crippen molar-refractivity contribution in [3.63, 3.8) is 0 Å². The van der Waals surface area contributed by atoms with Crippen LogP contribution in [0.3, 0.4) is 0 Å². The fourth-order valence-electron chi connectivity index (χ4n) is 3.13. The molecule has 9 heteroatoms. The van der Waals surface area contributed by atoms with Crippen molar-refractivity contribution in [2.45, 2.75) is 58.7 Å². The van der Waals surface area contributed by atoms with E-state index >= 15 is 0 Å². The maximum atomic E-state index is 13.0. The van der Waals surface area contributed by atoms with Gasteiger partial charge in [0.2, 0.25) is 11.9 Å². The Labute approximate surface area is 189 Å². The van der Waals surface area contributed by atoms with Gasteiger partial charge in [0.25, 0.3) is 5.91 Å². The molecular weight excluding hydrogens is 412 g/mol. The van der Waals surface area contributed by atoms with Gasteiger partial charge >= 0.3 is 0 Å². The van der Waals surface area contributed by atoms with Crippen molar-refractivity contribution in [3.05, 3.63) is 29.3 Å². The SMILES string of the molecule is CCNc1nc(NC(C)C)nc(SCN(C(=O)COC)c2c(CC)cccc2CC)n1. The molecule has 2 N–H and O–H groups in total. The van der Waals surface area contributed by atoms with Crippen LogP contribution in [0.2, 0.25) is 0 Å². The van der Waals surface area contributed by atoms with Gasteiger partial charge in [-0.2, -0.15) is 15.0 Å². The zero-order valence-corrected chi connectivity index (χ0v) is 20.2. The number of hydrogen-bond donors (Lipinski definition) is 2. The number of aromatic nitrogens is 3. The summed E-state index contributed by atoms with van der Waals surface area (Å²) in [6.07, 6.45) is 1.67.